The molecule has 2 aromatic carbocycles. The van der Waals surface area contributed by atoms with Crippen LogP contribution in [0.2, 0.25) is 0 Å². The molecular formula is C23H28FN3O2S. The summed E-state index contributed by atoms with van der Waals surface area (Å²) in [5.41, 5.74) is 2.18. The normalized spacial score (nSPS) is 15.6. The second-order valence-corrected chi connectivity index (χ2v) is 9.00. The lowest BCUT2D eigenvalue weighted by molar-refractivity contribution is -0.118. The number of halogens is 1. The highest BCUT2D eigenvalue weighted by atomic mass is 32.2. The number of hydrogen-bond acceptors (Lipinski definition) is 4. The molecule has 5 nitrogen and oxygen atoms in total. The number of amides is 2. The third-order valence-corrected chi connectivity index (χ3v) is 5.99. The van der Waals surface area contributed by atoms with Crippen LogP contribution in [-0.4, -0.2) is 47.4 Å². The number of carbonyl (C=O) groups excluding carboxylic acids is 2. The zero-order chi connectivity index (χ0) is 21.5. The van der Waals surface area contributed by atoms with Crippen molar-refractivity contribution in [3.63, 3.8) is 0 Å². The number of nitrogens with zero attached hydrogens (tertiary/aromatic N) is 1. The molecule has 30 heavy (non-hydrogen) atoms. The van der Waals surface area contributed by atoms with Crippen molar-refractivity contribution >= 4 is 29.3 Å². The largest absolute Gasteiger partial charge is 0.340 e. The minimum Gasteiger partial charge on any atom is -0.340 e. The molecule has 2 aromatic rings. The van der Waals surface area contributed by atoms with E-state index in [1.165, 1.54) is 24.3 Å². The quantitative estimate of drug-likeness (QED) is 0.703. The van der Waals surface area contributed by atoms with Gasteiger partial charge in [-0.2, -0.15) is 11.8 Å². The fourth-order valence-electron chi connectivity index (χ4n) is 3.35. The molecule has 2 amide bonds. The molecule has 0 aromatic heterocycles. The maximum Gasteiger partial charge on any atom is 0.251 e. The highest BCUT2D eigenvalue weighted by Crippen LogP contribution is 2.17. The summed E-state index contributed by atoms with van der Waals surface area (Å²) >= 11 is 1.98. The Bertz CT molecular complexity index is 867. The first kappa shape index (κ1) is 22.3. The maximum atomic E-state index is 13.1. The number of rotatable bonds is 7. The van der Waals surface area contributed by atoms with E-state index in [2.05, 4.69) is 21.6 Å². The van der Waals surface area contributed by atoms with Crippen LogP contribution in [0.1, 0.15) is 29.8 Å². The van der Waals surface area contributed by atoms with Crippen LogP contribution in [0.3, 0.4) is 0 Å². The van der Waals surface area contributed by atoms with Gasteiger partial charge in [-0.25, -0.2) is 4.39 Å². The lowest BCUT2D eigenvalue weighted by Crippen LogP contribution is -2.47. The first-order chi connectivity index (χ1) is 14.4. The van der Waals surface area contributed by atoms with Gasteiger partial charge in [0.05, 0.1) is 0 Å². The molecule has 1 saturated heterocycles. The van der Waals surface area contributed by atoms with Gasteiger partial charge >= 0.3 is 0 Å². The third-order valence-electron chi connectivity index (χ3n) is 5.05. The summed E-state index contributed by atoms with van der Waals surface area (Å²) in [6.07, 6.45) is 0. The summed E-state index contributed by atoms with van der Waals surface area (Å²) in [6, 6.07) is 12.4. The van der Waals surface area contributed by atoms with E-state index in [9.17, 15) is 14.0 Å². The predicted molar refractivity (Wildman–Crippen MR) is 120 cm³/mol. The Labute approximate surface area is 181 Å². The number of hydrogen-bond donors (Lipinski definition) is 2. The molecule has 0 radical (unpaired) electrons. The van der Waals surface area contributed by atoms with Crippen molar-refractivity contribution in [3.05, 3.63) is 65.5 Å². The third kappa shape index (κ3) is 6.31. The summed E-state index contributed by atoms with van der Waals surface area (Å²) in [4.78, 5) is 27.8. The van der Waals surface area contributed by atoms with Crippen molar-refractivity contribution in [2.45, 2.75) is 26.4 Å². The number of thioether (sulfide) groups is 1. The Morgan fingerprint density at radius 2 is 1.80 bits per heavy atom. The van der Waals surface area contributed by atoms with Crippen molar-refractivity contribution < 1.29 is 14.0 Å². The number of anilines is 1. The van der Waals surface area contributed by atoms with Gasteiger partial charge < -0.3 is 10.6 Å². The number of nitrogens with one attached hydrogen (secondary N) is 2. The molecule has 0 bridgehead atoms. The minimum atomic E-state index is -0.703. The Kier molecular flexibility index (Phi) is 7.87. The van der Waals surface area contributed by atoms with Crippen LogP contribution in [0.4, 0.5) is 10.1 Å². The first-order valence-electron chi connectivity index (χ1n) is 10.2. The van der Waals surface area contributed by atoms with E-state index >= 15 is 0 Å². The Morgan fingerprint density at radius 1 is 1.10 bits per heavy atom. The summed E-state index contributed by atoms with van der Waals surface area (Å²) in [6.45, 7) is 6.76. The molecule has 1 heterocycles. The molecule has 1 aliphatic heterocycles. The summed E-state index contributed by atoms with van der Waals surface area (Å²) in [7, 11) is 0. The molecule has 3 rings (SSSR count). The molecule has 7 heteroatoms. The van der Waals surface area contributed by atoms with Gasteiger partial charge in [0.2, 0.25) is 5.91 Å². The SMILES string of the molecule is CC(C)C(NC(=O)c1ccc(F)cc1)C(=O)Nc1cccc(CN2CCSCC2)c1. The van der Waals surface area contributed by atoms with Gasteiger partial charge in [-0.1, -0.05) is 26.0 Å². The lowest BCUT2D eigenvalue weighted by atomic mass is 10.0. The molecular weight excluding hydrogens is 401 g/mol. The monoisotopic (exact) mass is 429 g/mol. The van der Waals surface area contributed by atoms with Crippen molar-refractivity contribution in [3.8, 4) is 0 Å². The standard InChI is InChI=1S/C23H28FN3O2S/c1-16(2)21(26-22(28)18-6-8-19(24)9-7-18)23(29)25-20-5-3-4-17(14-20)15-27-10-12-30-13-11-27/h3-9,14,16,21H,10-13,15H2,1-2H3,(H,25,29)(H,26,28). The molecule has 0 saturated carbocycles. The minimum absolute atomic E-state index is 0.108. The van der Waals surface area contributed by atoms with Crippen molar-refractivity contribution in [1.29, 1.82) is 0 Å². The molecule has 2 N–H and O–H groups in total. The number of carbonyl (C=O) groups is 2. The van der Waals surface area contributed by atoms with E-state index in [1.807, 2.05) is 43.8 Å². The van der Waals surface area contributed by atoms with E-state index in [4.69, 9.17) is 0 Å². The van der Waals surface area contributed by atoms with Crippen LogP contribution in [0.15, 0.2) is 48.5 Å². The van der Waals surface area contributed by atoms with Crippen LogP contribution in [-0.2, 0) is 11.3 Å². The van der Waals surface area contributed by atoms with Crippen LogP contribution in [0.5, 0.6) is 0 Å². The Morgan fingerprint density at radius 3 is 2.47 bits per heavy atom. The average molecular weight is 430 g/mol. The lowest BCUT2D eigenvalue weighted by Gasteiger charge is -2.26. The fourth-order valence-corrected chi connectivity index (χ4v) is 4.32. The maximum absolute atomic E-state index is 13.1. The van der Waals surface area contributed by atoms with Gasteiger partial charge in [0.1, 0.15) is 11.9 Å². The Balaban J connectivity index is 1.63. The smallest absolute Gasteiger partial charge is 0.251 e. The first-order valence-corrected chi connectivity index (χ1v) is 11.3. The summed E-state index contributed by atoms with van der Waals surface area (Å²) in [5, 5.41) is 5.70. The molecule has 1 fully saturated rings. The van der Waals surface area contributed by atoms with E-state index in [0.717, 1.165) is 36.7 Å². The molecule has 1 atom stereocenters. The van der Waals surface area contributed by atoms with Gasteiger partial charge in [-0.05, 0) is 47.9 Å². The fraction of sp³-hybridized carbons (Fsp3) is 0.391. The number of benzene rings is 2. The molecule has 160 valence electrons. The average Bonchev–Trinajstić information content (AvgIpc) is 2.73. The van der Waals surface area contributed by atoms with Crippen LogP contribution in [0.25, 0.3) is 0 Å². The highest BCUT2D eigenvalue weighted by Gasteiger charge is 2.25. The Hall–Kier alpha value is -2.38. The van der Waals surface area contributed by atoms with E-state index in [0.29, 0.717) is 11.3 Å². The second kappa shape index (κ2) is 10.6. The second-order valence-electron chi connectivity index (χ2n) is 7.78. The van der Waals surface area contributed by atoms with Crippen molar-refractivity contribution in [2.75, 3.05) is 29.9 Å². The van der Waals surface area contributed by atoms with E-state index in [-0.39, 0.29) is 11.8 Å². The molecule has 0 spiro atoms. The molecule has 1 aliphatic rings. The van der Waals surface area contributed by atoms with Crippen LogP contribution in [0, 0.1) is 11.7 Å². The van der Waals surface area contributed by atoms with Gasteiger partial charge in [-0.15, -0.1) is 0 Å². The summed E-state index contributed by atoms with van der Waals surface area (Å²) in [5.74, 6) is 1.12. The van der Waals surface area contributed by atoms with Crippen LogP contribution < -0.4 is 10.6 Å². The van der Waals surface area contributed by atoms with Crippen molar-refractivity contribution in [2.24, 2.45) is 5.92 Å². The summed E-state index contributed by atoms with van der Waals surface area (Å²) < 4.78 is 13.1. The zero-order valence-electron chi connectivity index (χ0n) is 17.4. The molecule has 0 aliphatic carbocycles. The molecule has 1 unspecified atom stereocenters. The van der Waals surface area contributed by atoms with E-state index < -0.39 is 17.8 Å². The van der Waals surface area contributed by atoms with Crippen LogP contribution >= 0.6 is 11.8 Å². The zero-order valence-corrected chi connectivity index (χ0v) is 18.2. The van der Waals surface area contributed by atoms with Gasteiger partial charge in [0.25, 0.3) is 5.91 Å². The van der Waals surface area contributed by atoms with Gasteiger partial charge in [0.15, 0.2) is 0 Å². The van der Waals surface area contributed by atoms with Gasteiger partial charge in [0, 0.05) is 42.4 Å². The topological polar surface area (TPSA) is 61.4 Å². The van der Waals surface area contributed by atoms with Gasteiger partial charge in [-0.3, -0.25) is 14.5 Å². The van der Waals surface area contributed by atoms with Crippen molar-refractivity contribution in [1.82, 2.24) is 10.2 Å². The van der Waals surface area contributed by atoms with E-state index in [1.54, 1.807) is 0 Å². The predicted octanol–water partition coefficient (Wildman–Crippen LogP) is 3.77. The highest BCUT2D eigenvalue weighted by molar-refractivity contribution is 7.99.